The van der Waals surface area contributed by atoms with Gasteiger partial charge in [0.2, 0.25) is 0 Å². The Morgan fingerprint density at radius 2 is 2.13 bits per heavy atom. The Kier molecular flexibility index (Phi) is 2.57. The molecule has 0 aliphatic heterocycles. The molecular formula is C9H14N4O2. The predicted molar refractivity (Wildman–Crippen MR) is 53.1 cm³/mol. The van der Waals surface area contributed by atoms with Crippen LogP contribution in [0.4, 0.5) is 5.82 Å². The van der Waals surface area contributed by atoms with Gasteiger partial charge < -0.3 is 10.8 Å². The first-order chi connectivity index (χ1) is 7.16. The van der Waals surface area contributed by atoms with Crippen molar-refractivity contribution in [2.45, 2.75) is 31.7 Å². The van der Waals surface area contributed by atoms with Crippen LogP contribution in [0.15, 0.2) is 6.20 Å². The average Bonchev–Trinajstić information content (AvgIpc) is 2.65. The van der Waals surface area contributed by atoms with E-state index in [-0.39, 0.29) is 12.0 Å². The van der Waals surface area contributed by atoms with Crippen LogP contribution in [-0.2, 0) is 4.79 Å². The molecule has 0 spiro atoms. The van der Waals surface area contributed by atoms with E-state index < -0.39 is 5.97 Å². The van der Waals surface area contributed by atoms with Gasteiger partial charge in [-0.05, 0) is 25.7 Å². The maximum Gasteiger partial charge on any atom is 0.306 e. The van der Waals surface area contributed by atoms with Gasteiger partial charge in [-0.2, -0.15) is 0 Å². The van der Waals surface area contributed by atoms with Crippen LogP contribution >= 0.6 is 0 Å². The summed E-state index contributed by atoms with van der Waals surface area (Å²) < 4.78 is 1.74. The van der Waals surface area contributed by atoms with E-state index >= 15 is 0 Å². The number of carboxylic acids is 1. The van der Waals surface area contributed by atoms with Crippen LogP contribution in [0.5, 0.6) is 0 Å². The van der Waals surface area contributed by atoms with Crippen LogP contribution in [0.1, 0.15) is 31.7 Å². The predicted octanol–water partition coefficient (Wildman–Crippen LogP) is 0.676. The molecule has 1 fully saturated rings. The van der Waals surface area contributed by atoms with Crippen molar-refractivity contribution in [3.8, 4) is 0 Å². The minimum atomic E-state index is -0.688. The summed E-state index contributed by atoms with van der Waals surface area (Å²) in [6.07, 6.45) is 4.78. The topological polar surface area (TPSA) is 94.0 Å². The van der Waals surface area contributed by atoms with Crippen LogP contribution in [0, 0.1) is 5.92 Å². The van der Waals surface area contributed by atoms with E-state index in [1.165, 1.54) is 0 Å². The fourth-order valence-electron chi connectivity index (χ4n) is 2.06. The first-order valence-corrected chi connectivity index (χ1v) is 5.07. The third-order valence-electron chi connectivity index (χ3n) is 2.95. The Hall–Kier alpha value is -1.59. The van der Waals surface area contributed by atoms with Crippen molar-refractivity contribution in [2.75, 3.05) is 5.73 Å². The van der Waals surface area contributed by atoms with Crippen LogP contribution in [0.25, 0.3) is 0 Å². The Bertz CT molecular complexity index is 355. The largest absolute Gasteiger partial charge is 0.481 e. The standard InChI is InChI=1S/C9H14N4O2/c10-8-5-13(12-11-8)7-3-1-6(2-4-7)9(14)15/h5-7H,1-4,10H2,(H,14,15). The van der Waals surface area contributed by atoms with Gasteiger partial charge in [-0.1, -0.05) is 5.21 Å². The molecule has 1 aliphatic carbocycles. The van der Waals surface area contributed by atoms with E-state index in [0.29, 0.717) is 18.7 Å². The smallest absolute Gasteiger partial charge is 0.306 e. The molecule has 3 N–H and O–H groups in total. The summed E-state index contributed by atoms with van der Waals surface area (Å²) in [4.78, 5) is 10.7. The molecule has 1 heterocycles. The van der Waals surface area contributed by atoms with Gasteiger partial charge in [-0.25, -0.2) is 4.68 Å². The number of carbonyl (C=O) groups is 1. The monoisotopic (exact) mass is 210 g/mol. The summed E-state index contributed by atoms with van der Waals surface area (Å²) in [5.74, 6) is -0.468. The first-order valence-electron chi connectivity index (χ1n) is 5.07. The van der Waals surface area contributed by atoms with Gasteiger partial charge in [0.1, 0.15) is 0 Å². The van der Waals surface area contributed by atoms with Gasteiger partial charge in [0.05, 0.1) is 18.2 Å². The van der Waals surface area contributed by atoms with E-state index in [1.807, 2.05) is 0 Å². The molecule has 0 radical (unpaired) electrons. The molecule has 1 aliphatic rings. The zero-order valence-corrected chi connectivity index (χ0v) is 8.33. The Morgan fingerprint density at radius 1 is 1.47 bits per heavy atom. The van der Waals surface area contributed by atoms with Gasteiger partial charge in [0.15, 0.2) is 5.82 Å². The number of anilines is 1. The number of carboxylic acid groups (broad SMARTS) is 1. The molecule has 2 rings (SSSR count). The maximum absolute atomic E-state index is 10.7. The van der Waals surface area contributed by atoms with Crippen molar-refractivity contribution >= 4 is 11.8 Å². The minimum Gasteiger partial charge on any atom is -0.481 e. The lowest BCUT2D eigenvalue weighted by atomic mass is 9.86. The molecule has 0 atom stereocenters. The van der Waals surface area contributed by atoms with Crippen LogP contribution in [0.2, 0.25) is 0 Å². The lowest BCUT2D eigenvalue weighted by Gasteiger charge is -2.25. The highest BCUT2D eigenvalue weighted by Crippen LogP contribution is 2.31. The number of aromatic nitrogens is 3. The van der Waals surface area contributed by atoms with Gasteiger partial charge in [0.25, 0.3) is 0 Å². The highest BCUT2D eigenvalue weighted by molar-refractivity contribution is 5.70. The fourth-order valence-corrected chi connectivity index (χ4v) is 2.06. The van der Waals surface area contributed by atoms with Crippen LogP contribution < -0.4 is 5.73 Å². The molecule has 1 aromatic rings. The van der Waals surface area contributed by atoms with Crippen molar-refractivity contribution in [2.24, 2.45) is 5.92 Å². The molecule has 0 bridgehead atoms. The number of aliphatic carboxylic acids is 1. The van der Waals surface area contributed by atoms with E-state index in [0.717, 1.165) is 12.8 Å². The molecule has 6 nitrogen and oxygen atoms in total. The summed E-state index contributed by atoms with van der Waals surface area (Å²) in [6, 6.07) is 0.255. The highest BCUT2D eigenvalue weighted by atomic mass is 16.4. The van der Waals surface area contributed by atoms with E-state index in [2.05, 4.69) is 10.3 Å². The third kappa shape index (κ3) is 2.08. The van der Waals surface area contributed by atoms with Crippen molar-refractivity contribution in [3.63, 3.8) is 0 Å². The Balaban J connectivity index is 1.96. The normalized spacial score (nSPS) is 26.4. The lowest BCUT2D eigenvalue weighted by molar-refractivity contribution is -0.143. The molecule has 0 aromatic carbocycles. The second-order valence-corrected chi connectivity index (χ2v) is 3.97. The zero-order valence-electron chi connectivity index (χ0n) is 8.33. The molecule has 1 aromatic heterocycles. The molecule has 0 amide bonds. The van der Waals surface area contributed by atoms with Crippen molar-refractivity contribution in [1.29, 1.82) is 0 Å². The summed E-state index contributed by atoms with van der Waals surface area (Å²) in [5.41, 5.74) is 5.47. The quantitative estimate of drug-likeness (QED) is 0.748. The Morgan fingerprint density at radius 3 is 2.60 bits per heavy atom. The number of hydrogen-bond acceptors (Lipinski definition) is 4. The van der Waals surface area contributed by atoms with Gasteiger partial charge >= 0.3 is 5.97 Å². The second-order valence-electron chi connectivity index (χ2n) is 3.97. The summed E-state index contributed by atoms with van der Waals surface area (Å²) in [7, 11) is 0. The Labute approximate surface area is 87.1 Å². The fraction of sp³-hybridized carbons (Fsp3) is 0.667. The number of nitrogens with two attached hydrogens (primary N) is 1. The van der Waals surface area contributed by atoms with Crippen molar-refractivity contribution in [3.05, 3.63) is 6.20 Å². The molecule has 15 heavy (non-hydrogen) atoms. The summed E-state index contributed by atoms with van der Waals surface area (Å²) >= 11 is 0. The summed E-state index contributed by atoms with van der Waals surface area (Å²) in [5, 5.41) is 16.5. The SMILES string of the molecule is Nc1cn(C2CCC(C(=O)O)CC2)nn1. The van der Waals surface area contributed by atoms with E-state index in [4.69, 9.17) is 10.8 Å². The number of hydrogen-bond donors (Lipinski definition) is 2. The average molecular weight is 210 g/mol. The van der Waals surface area contributed by atoms with Crippen molar-refractivity contribution < 1.29 is 9.90 Å². The van der Waals surface area contributed by atoms with Crippen molar-refractivity contribution in [1.82, 2.24) is 15.0 Å². The zero-order chi connectivity index (χ0) is 10.8. The first kappa shape index (κ1) is 9.95. The molecular weight excluding hydrogens is 196 g/mol. The number of nitrogens with zero attached hydrogens (tertiary/aromatic N) is 3. The van der Waals surface area contributed by atoms with Crippen LogP contribution in [0.3, 0.4) is 0 Å². The van der Waals surface area contributed by atoms with E-state index in [1.54, 1.807) is 10.9 Å². The molecule has 0 unspecified atom stereocenters. The lowest BCUT2D eigenvalue weighted by Crippen LogP contribution is -2.23. The number of rotatable bonds is 2. The molecule has 1 saturated carbocycles. The molecule has 6 heteroatoms. The molecule has 0 saturated heterocycles. The van der Waals surface area contributed by atoms with Gasteiger partial charge in [0, 0.05) is 0 Å². The van der Waals surface area contributed by atoms with E-state index in [9.17, 15) is 4.79 Å². The van der Waals surface area contributed by atoms with Gasteiger partial charge in [-0.15, -0.1) is 5.10 Å². The summed E-state index contributed by atoms with van der Waals surface area (Å²) in [6.45, 7) is 0. The number of nitrogen functional groups attached to an aromatic ring is 1. The molecule has 82 valence electrons. The third-order valence-corrected chi connectivity index (χ3v) is 2.95. The maximum atomic E-state index is 10.7. The minimum absolute atomic E-state index is 0.192. The van der Waals surface area contributed by atoms with Gasteiger partial charge in [-0.3, -0.25) is 4.79 Å². The highest BCUT2D eigenvalue weighted by Gasteiger charge is 2.27. The second kappa shape index (κ2) is 3.88. The van der Waals surface area contributed by atoms with Crippen LogP contribution in [-0.4, -0.2) is 26.1 Å².